The molecule has 4 rings (SSSR count). The number of allylic oxidation sites excluding steroid dienone is 4. The first-order valence-electron chi connectivity index (χ1n) is 11.0. The molecule has 0 saturated heterocycles. The van der Waals surface area contributed by atoms with Crippen molar-refractivity contribution in [3.8, 4) is 0 Å². The molecule has 2 aliphatic carbocycles. The van der Waals surface area contributed by atoms with Gasteiger partial charge in [-0.3, -0.25) is 9.98 Å². The van der Waals surface area contributed by atoms with Crippen molar-refractivity contribution in [1.29, 1.82) is 0 Å². The highest BCUT2D eigenvalue weighted by Gasteiger charge is 2.14. The van der Waals surface area contributed by atoms with Gasteiger partial charge in [-0.05, 0) is 35.4 Å². The lowest BCUT2D eigenvalue weighted by Crippen LogP contribution is -2.03. The van der Waals surface area contributed by atoms with Crippen molar-refractivity contribution in [3.05, 3.63) is 130 Å². The maximum Gasteiger partial charge on any atom is 0.257 e. The van der Waals surface area contributed by atoms with Crippen LogP contribution in [0.4, 0.5) is 0 Å². The third-order valence-electron chi connectivity index (χ3n) is 4.84. The fourth-order valence-corrected chi connectivity index (χ4v) is 5.22. The Morgan fingerprint density at radius 2 is 1.61 bits per heavy atom. The third-order valence-corrected chi connectivity index (χ3v) is 7.13. The van der Waals surface area contributed by atoms with E-state index in [0.717, 1.165) is 46.9 Å². The zero-order valence-electron chi connectivity index (χ0n) is 18.4. The van der Waals surface area contributed by atoms with Gasteiger partial charge in [0, 0.05) is 42.0 Å². The minimum absolute atomic E-state index is 0.833. The molecule has 0 spiro atoms. The van der Waals surface area contributed by atoms with E-state index in [1.165, 1.54) is 9.77 Å². The first-order valence-corrected chi connectivity index (χ1v) is 12.9. The molecular weight excluding hydrogens is 440 g/mol. The Balaban J connectivity index is 1.31. The van der Waals surface area contributed by atoms with Crippen LogP contribution in [0.3, 0.4) is 0 Å². The van der Waals surface area contributed by atoms with Gasteiger partial charge in [-0.25, -0.2) is 0 Å². The lowest BCUT2D eigenvalue weighted by Gasteiger charge is -2.08. The molecule has 0 unspecified atom stereocenters. The van der Waals surface area contributed by atoms with Gasteiger partial charge in [0.2, 0.25) is 0 Å². The standard InChI is InChI=1S/C29H25N2S2/c1-3-12-24(13-4-1)22-30-26-16-7-9-18-28(26)32-20-11-21-33-29-19-10-8-17-27(29)31-23-25-14-5-2-6-15-25/h1-8,12-16,18-19,22-23H,11,17,20-21H2/q+1. The summed E-state index contributed by atoms with van der Waals surface area (Å²) in [6, 6.07) is 20.4. The molecule has 0 saturated carbocycles. The lowest BCUT2D eigenvalue weighted by atomic mass is 10.2. The van der Waals surface area contributed by atoms with Gasteiger partial charge in [-0.15, -0.1) is 23.2 Å². The maximum atomic E-state index is 4.74. The Hall–Kier alpha value is -3.26. The van der Waals surface area contributed by atoms with Crippen LogP contribution in [-0.2, 0) is 11.4 Å². The largest absolute Gasteiger partial charge is 0.259 e. The fourth-order valence-electron chi connectivity index (χ4n) is 3.14. The molecule has 0 atom stereocenters. The molecule has 0 aromatic heterocycles. The summed E-state index contributed by atoms with van der Waals surface area (Å²) in [5.41, 5.74) is 10.8. The predicted molar refractivity (Wildman–Crippen MR) is 147 cm³/mol. The highest BCUT2D eigenvalue weighted by Crippen LogP contribution is 2.27. The van der Waals surface area contributed by atoms with Crippen molar-refractivity contribution in [1.82, 2.24) is 0 Å². The summed E-state index contributed by atoms with van der Waals surface area (Å²) in [6.07, 6.45) is 15.9. The van der Waals surface area contributed by atoms with Crippen molar-refractivity contribution >= 4 is 40.4 Å². The first-order chi connectivity index (χ1) is 16.4. The molecule has 2 aromatic rings. The van der Waals surface area contributed by atoms with Crippen LogP contribution in [0.15, 0.2) is 129 Å². The van der Waals surface area contributed by atoms with Crippen LogP contribution in [0.5, 0.6) is 0 Å². The van der Waals surface area contributed by atoms with Gasteiger partial charge in [0.1, 0.15) is 5.70 Å². The monoisotopic (exact) mass is 465 g/mol. The number of thioether (sulfide) groups is 1. The van der Waals surface area contributed by atoms with Crippen molar-refractivity contribution in [3.63, 3.8) is 0 Å². The Bertz CT molecular complexity index is 1230. The average Bonchev–Trinajstić information content (AvgIpc) is 2.88. The zero-order valence-corrected chi connectivity index (χ0v) is 20.0. The van der Waals surface area contributed by atoms with Crippen molar-refractivity contribution in [2.75, 3.05) is 11.5 Å². The molecule has 0 amide bonds. The van der Waals surface area contributed by atoms with Crippen molar-refractivity contribution < 1.29 is 0 Å². The predicted octanol–water partition coefficient (Wildman–Crippen LogP) is 6.54. The summed E-state index contributed by atoms with van der Waals surface area (Å²) in [5.74, 6) is 2.08. The molecule has 33 heavy (non-hydrogen) atoms. The van der Waals surface area contributed by atoms with Gasteiger partial charge in [0.25, 0.3) is 4.86 Å². The van der Waals surface area contributed by atoms with E-state index in [1.807, 2.05) is 96.2 Å². The van der Waals surface area contributed by atoms with Gasteiger partial charge < -0.3 is 0 Å². The lowest BCUT2D eigenvalue weighted by molar-refractivity contribution is 1.12. The minimum atomic E-state index is 0.833. The van der Waals surface area contributed by atoms with E-state index in [0.29, 0.717) is 0 Å². The summed E-state index contributed by atoms with van der Waals surface area (Å²) in [5, 5.41) is 0. The number of rotatable bonds is 9. The summed E-state index contributed by atoms with van der Waals surface area (Å²) in [6.45, 7) is 0. The van der Waals surface area contributed by atoms with E-state index in [-0.39, 0.29) is 0 Å². The highest BCUT2D eigenvalue weighted by molar-refractivity contribution is 8.03. The number of benzene rings is 2. The van der Waals surface area contributed by atoms with Crippen LogP contribution in [0.25, 0.3) is 0 Å². The Kier molecular flexibility index (Phi) is 8.82. The normalized spacial score (nSPS) is 16.5. The van der Waals surface area contributed by atoms with Gasteiger partial charge in [-0.2, -0.15) is 0 Å². The Morgan fingerprint density at radius 3 is 2.36 bits per heavy atom. The summed E-state index contributed by atoms with van der Waals surface area (Å²) in [7, 11) is 0. The molecule has 0 aliphatic heterocycles. The second-order valence-corrected chi connectivity index (χ2v) is 9.59. The van der Waals surface area contributed by atoms with Crippen LogP contribution in [0.2, 0.25) is 0 Å². The average molecular weight is 466 g/mol. The number of nitrogens with zero attached hydrogens (tertiary/aromatic N) is 2. The number of aliphatic imine (C=N–C) groups is 2. The smallest absolute Gasteiger partial charge is 0.257 e. The zero-order chi connectivity index (χ0) is 22.6. The second kappa shape index (κ2) is 12.7. The molecule has 0 heterocycles. The van der Waals surface area contributed by atoms with E-state index < -0.39 is 0 Å². The molecule has 2 nitrogen and oxygen atoms in total. The molecule has 162 valence electrons. The van der Waals surface area contributed by atoms with Gasteiger partial charge in [0.15, 0.2) is 17.1 Å². The molecule has 2 aromatic carbocycles. The van der Waals surface area contributed by atoms with Gasteiger partial charge in [-0.1, -0.05) is 60.7 Å². The fraction of sp³-hybridized carbons (Fsp3) is 0.138. The number of hydrogen-bond donors (Lipinski definition) is 0. The Labute approximate surface area is 204 Å². The van der Waals surface area contributed by atoms with E-state index >= 15 is 0 Å². The topological polar surface area (TPSA) is 24.7 Å². The van der Waals surface area contributed by atoms with E-state index in [1.54, 1.807) is 0 Å². The Morgan fingerprint density at radius 1 is 0.879 bits per heavy atom. The minimum Gasteiger partial charge on any atom is -0.259 e. The molecule has 0 radical (unpaired) electrons. The third kappa shape index (κ3) is 7.39. The molecule has 0 fully saturated rings. The van der Waals surface area contributed by atoms with Crippen LogP contribution in [0.1, 0.15) is 24.0 Å². The summed E-state index contributed by atoms with van der Waals surface area (Å²) >= 11 is 3.71. The van der Waals surface area contributed by atoms with E-state index in [9.17, 15) is 0 Å². The van der Waals surface area contributed by atoms with E-state index in [4.69, 9.17) is 9.98 Å². The van der Waals surface area contributed by atoms with Crippen molar-refractivity contribution in [2.45, 2.75) is 12.8 Å². The molecule has 0 N–H and O–H groups in total. The number of hydrogen-bond acceptors (Lipinski definition) is 3. The van der Waals surface area contributed by atoms with Crippen LogP contribution in [-0.4, -0.2) is 28.8 Å². The van der Waals surface area contributed by atoms with Crippen LogP contribution >= 0.6 is 11.8 Å². The van der Waals surface area contributed by atoms with Crippen molar-refractivity contribution in [2.24, 2.45) is 9.98 Å². The molecule has 2 aliphatic rings. The van der Waals surface area contributed by atoms with E-state index in [2.05, 4.69) is 41.8 Å². The second-order valence-electron chi connectivity index (χ2n) is 7.31. The van der Waals surface area contributed by atoms with Gasteiger partial charge in [0.05, 0.1) is 5.70 Å². The summed E-state index contributed by atoms with van der Waals surface area (Å²) in [4.78, 5) is 11.8. The molecular formula is C29H25N2S2+. The SMILES string of the molecule is C1=CC=C(N=Cc2ccccc2)C(=[S+]CCCSC2=C(N=Cc3ccccc3)CC=C=C2)C=1. The van der Waals surface area contributed by atoms with Crippen LogP contribution < -0.4 is 0 Å². The highest BCUT2D eigenvalue weighted by atomic mass is 32.2. The maximum absolute atomic E-state index is 4.74. The van der Waals surface area contributed by atoms with Gasteiger partial charge >= 0.3 is 0 Å². The molecule has 0 bridgehead atoms. The first kappa shape index (κ1) is 22.9. The quantitative estimate of drug-likeness (QED) is 0.136. The van der Waals surface area contributed by atoms with Crippen LogP contribution in [0, 0.1) is 0 Å². The summed E-state index contributed by atoms with van der Waals surface area (Å²) < 4.78 is 0. The molecule has 4 heteroatoms.